The molecular weight excluding hydrogens is 407 g/mol. The maximum atomic E-state index is 12.1. The lowest BCUT2D eigenvalue weighted by atomic mass is 9.75. The minimum absolute atomic E-state index is 0.0441. The van der Waals surface area contributed by atoms with Gasteiger partial charge in [0.2, 0.25) is 0 Å². The first-order chi connectivity index (χ1) is 12.8. The molecule has 150 valence electrons. The van der Waals surface area contributed by atoms with Gasteiger partial charge in [-0.3, -0.25) is 4.79 Å². The van der Waals surface area contributed by atoms with Crippen molar-refractivity contribution in [1.82, 2.24) is 0 Å². The van der Waals surface area contributed by atoms with E-state index in [-0.39, 0.29) is 18.5 Å². The zero-order valence-corrected chi connectivity index (χ0v) is 18.2. The summed E-state index contributed by atoms with van der Waals surface area (Å²) >= 11 is 13.2. The molecule has 0 saturated heterocycles. The summed E-state index contributed by atoms with van der Waals surface area (Å²) in [6.45, 7) is 6.12. The highest BCUT2D eigenvalue weighted by atomic mass is 35.5. The molecule has 0 radical (unpaired) electrons. The number of ether oxygens (including phenoxy) is 2. The Balaban J connectivity index is 1.77. The van der Waals surface area contributed by atoms with Gasteiger partial charge in [0.05, 0.1) is 10.8 Å². The van der Waals surface area contributed by atoms with Crippen molar-refractivity contribution in [3.63, 3.8) is 0 Å². The van der Waals surface area contributed by atoms with E-state index in [2.05, 4.69) is 20.8 Å². The summed E-state index contributed by atoms with van der Waals surface area (Å²) in [5.74, 6) is 0.421. The van der Waals surface area contributed by atoms with Gasteiger partial charge in [-0.1, -0.05) is 50.4 Å². The quantitative estimate of drug-likeness (QED) is 0.412. The molecule has 0 bridgehead atoms. The van der Waals surface area contributed by atoms with Crippen LogP contribution < -0.4 is 0 Å². The van der Waals surface area contributed by atoms with Gasteiger partial charge >= 0.3 is 11.9 Å². The Morgan fingerprint density at radius 1 is 1.22 bits per heavy atom. The molecule has 1 aliphatic carbocycles. The summed E-state index contributed by atoms with van der Waals surface area (Å²) in [4.78, 5) is 24.7. The summed E-state index contributed by atoms with van der Waals surface area (Å²) in [6.07, 6.45) is 2.99. The highest BCUT2D eigenvalue weighted by Crippen LogP contribution is 2.35. The van der Waals surface area contributed by atoms with Crippen LogP contribution in [0.25, 0.3) is 0 Å². The molecule has 4 nitrogen and oxygen atoms in total. The highest BCUT2D eigenvalue weighted by Gasteiger charge is 2.33. The number of halogens is 2. The van der Waals surface area contributed by atoms with Crippen LogP contribution in [-0.4, -0.2) is 30.4 Å². The van der Waals surface area contributed by atoms with Gasteiger partial charge in [0.1, 0.15) is 6.10 Å². The molecule has 1 fully saturated rings. The number of hydrogen-bond donors (Lipinski definition) is 0. The third-order valence-corrected chi connectivity index (χ3v) is 6.54. The van der Waals surface area contributed by atoms with Gasteiger partial charge in [-0.15, -0.1) is 11.8 Å². The second-order valence-corrected chi connectivity index (χ2v) is 9.24. The number of esters is 2. The lowest BCUT2D eigenvalue weighted by Gasteiger charge is -2.36. The molecule has 0 amide bonds. The molecule has 27 heavy (non-hydrogen) atoms. The zero-order valence-electron chi connectivity index (χ0n) is 15.9. The van der Waals surface area contributed by atoms with E-state index in [1.165, 1.54) is 11.8 Å². The first-order valence-electron chi connectivity index (χ1n) is 9.19. The van der Waals surface area contributed by atoms with E-state index in [4.69, 9.17) is 32.7 Å². The van der Waals surface area contributed by atoms with E-state index < -0.39 is 11.9 Å². The van der Waals surface area contributed by atoms with Crippen LogP contribution in [0.5, 0.6) is 0 Å². The molecule has 1 aliphatic rings. The largest absolute Gasteiger partial charge is 0.460 e. The number of rotatable bonds is 7. The Morgan fingerprint density at radius 3 is 2.67 bits per heavy atom. The van der Waals surface area contributed by atoms with E-state index >= 15 is 0 Å². The third kappa shape index (κ3) is 7.20. The van der Waals surface area contributed by atoms with E-state index in [1.54, 1.807) is 18.2 Å². The van der Waals surface area contributed by atoms with Crippen molar-refractivity contribution in [3.05, 3.63) is 28.2 Å². The summed E-state index contributed by atoms with van der Waals surface area (Å²) < 4.78 is 10.7. The predicted octanol–water partition coefficient (Wildman–Crippen LogP) is 5.63. The fraction of sp³-hybridized carbons (Fsp3) is 0.600. The van der Waals surface area contributed by atoms with Crippen molar-refractivity contribution in [2.45, 2.75) is 51.0 Å². The Hall–Kier alpha value is -0.910. The average molecular weight is 433 g/mol. The molecule has 2 rings (SSSR count). The number of benzene rings is 1. The minimum atomic E-state index is -0.495. The van der Waals surface area contributed by atoms with Crippen LogP contribution >= 0.6 is 35.0 Å². The molecule has 1 saturated carbocycles. The Kier molecular flexibility index (Phi) is 8.77. The SMILES string of the molecule is CC(C)[C@H]1CC[C@@H](C)C[C@@H]1OC(=O)COC(=O)CSc1cc(Cl)ccc1Cl. The Morgan fingerprint density at radius 2 is 1.96 bits per heavy atom. The van der Waals surface area contributed by atoms with Gasteiger partial charge in [-0.25, -0.2) is 4.79 Å². The van der Waals surface area contributed by atoms with Gasteiger partial charge in [-0.2, -0.15) is 0 Å². The smallest absolute Gasteiger partial charge is 0.344 e. The van der Waals surface area contributed by atoms with Crippen LogP contribution in [0, 0.1) is 17.8 Å². The molecule has 0 heterocycles. The average Bonchev–Trinajstić information content (AvgIpc) is 2.60. The number of carbonyl (C=O) groups is 2. The predicted molar refractivity (Wildman–Crippen MR) is 109 cm³/mol. The molecule has 0 N–H and O–H groups in total. The van der Waals surface area contributed by atoms with Crippen LogP contribution in [0.4, 0.5) is 0 Å². The summed E-state index contributed by atoms with van der Waals surface area (Å²) in [5, 5.41) is 1.06. The Labute approximate surface area is 175 Å². The lowest BCUT2D eigenvalue weighted by Crippen LogP contribution is -2.36. The first kappa shape index (κ1) is 22.4. The molecule has 0 aromatic heterocycles. The van der Waals surface area contributed by atoms with Crippen molar-refractivity contribution < 1.29 is 19.1 Å². The van der Waals surface area contributed by atoms with E-state index in [9.17, 15) is 9.59 Å². The van der Waals surface area contributed by atoms with Crippen LogP contribution in [0.3, 0.4) is 0 Å². The van der Waals surface area contributed by atoms with Crippen LogP contribution in [0.15, 0.2) is 23.1 Å². The summed E-state index contributed by atoms with van der Waals surface area (Å²) in [5.41, 5.74) is 0. The summed E-state index contributed by atoms with van der Waals surface area (Å²) in [7, 11) is 0. The standard InChI is InChI=1S/C20H26Cl2O4S/c1-12(2)15-6-4-13(3)8-17(15)26-19(23)10-25-20(24)11-27-18-9-14(21)5-7-16(18)22/h5,7,9,12-13,15,17H,4,6,8,10-11H2,1-3H3/t13-,15-,17+/m1/s1. The van der Waals surface area contributed by atoms with Crippen molar-refractivity contribution >= 4 is 46.9 Å². The van der Waals surface area contributed by atoms with Gasteiger partial charge in [-0.05, 0) is 48.8 Å². The second-order valence-electron chi connectivity index (χ2n) is 7.38. The fourth-order valence-electron chi connectivity index (χ4n) is 3.36. The van der Waals surface area contributed by atoms with Crippen molar-refractivity contribution in [3.8, 4) is 0 Å². The van der Waals surface area contributed by atoms with Gasteiger partial charge in [0.25, 0.3) is 0 Å². The molecule has 0 spiro atoms. The van der Waals surface area contributed by atoms with Crippen LogP contribution in [0.2, 0.25) is 10.0 Å². The minimum Gasteiger partial charge on any atom is -0.460 e. The van der Waals surface area contributed by atoms with E-state index in [0.29, 0.717) is 32.7 Å². The van der Waals surface area contributed by atoms with Gasteiger partial charge in [0, 0.05) is 9.92 Å². The normalized spacial score (nSPS) is 22.5. The van der Waals surface area contributed by atoms with Crippen molar-refractivity contribution in [1.29, 1.82) is 0 Å². The maximum Gasteiger partial charge on any atom is 0.344 e. The van der Waals surface area contributed by atoms with Crippen LogP contribution in [0.1, 0.15) is 40.0 Å². The molecule has 1 aromatic rings. The molecule has 0 aliphatic heterocycles. The first-order valence-corrected chi connectivity index (χ1v) is 10.9. The molecule has 0 unspecified atom stereocenters. The monoisotopic (exact) mass is 432 g/mol. The van der Waals surface area contributed by atoms with Gasteiger partial charge < -0.3 is 9.47 Å². The van der Waals surface area contributed by atoms with E-state index in [1.807, 2.05) is 0 Å². The fourth-order valence-corrected chi connectivity index (χ4v) is 4.65. The van der Waals surface area contributed by atoms with Crippen molar-refractivity contribution in [2.75, 3.05) is 12.4 Å². The molecule has 7 heteroatoms. The van der Waals surface area contributed by atoms with E-state index in [0.717, 1.165) is 19.3 Å². The third-order valence-electron chi connectivity index (χ3n) is 4.83. The Bertz CT molecular complexity index is 665. The second kappa shape index (κ2) is 10.6. The lowest BCUT2D eigenvalue weighted by molar-refractivity contribution is -0.166. The molecule has 3 atom stereocenters. The molecule has 1 aromatic carbocycles. The maximum absolute atomic E-state index is 12.1. The van der Waals surface area contributed by atoms with Crippen molar-refractivity contribution in [2.24, 2.45) is 17.8 Å². The highest BCUT2D eigenvalue weighted by molar-refractivity contribution is 8.00. The molecular formula is C20H26Cl2O4S. The summed E-state index contributed by atoms with van der Waals surface area (Å²) in [6, 6.07) is 5.04. The van der Waals surface area contributed by atoms with Gasteiger partial charge in [0.15, 0.2) is 6.61 Å². The number of carbonyl (C=O) groups excluding carboxylic acids is 2. The van der Waals surface area contributed by atoms with Crippen LogP contribution in [-0.2, 0) is 19.1 Å². The number of hydrogen-bond acceptors (Lipinski definition) is 5. The topological polar surface area (TPSA) is 52.6 Å². The number of thioether (sulfide) groups is 1. The zero-order chi connectivity index (χ0) is 20.0.